The molecule has 1 fully saturated rings. The summed E-state index contributed by atoms with van der Waals surface area (Å²) in [6.45, 7) is 9.74. The summed E-state index contributed by atoms with van der Waals surface area (Å²) in [4.78, 5) is 143. The van der Waals surface area contributed by atoms with Gasteiger partial charge in [-0.2, -0.15) is 0 Å². The van der Waals surface area contributed by atoms with E-state index in [-0.39, 0.29) is 105 Å². The number of carboxylic acids is 2. The molecule has 0 aliphatic heterocycles. The van der Waals surface area contributed by atoms with Gasteiger partial charge in [-0.1, -0.05) is 70.9 Å². The topological polar surface area (TPSA) is 228 Å². The first-order valence-electron chi connectivity index (χ1n) is 21.8. The number of carbonyl (C=O) groups is 11. The van der Waals surface area contributed by atoms with Gasteiger partial charge in [0.05, 0.1) is 6.42 Å². The number of hydrogen-bond acceptors (Lipinski definition) is 11. The zero-order valence-corrected chi connectivity index (χ0v) is 36.8. The minimum Gasteiger partial charge on any atom is -0.481 e. The quantitative estimate of drug-likeness (QED) is 0.0685. The SMILES string of the molecule is CCCC(CC(=O)C1CCCC1C(=O)C(CC(=O)C(C)(CC(=O)C(CCC(C)=O)CC(=O)C(CCC(=O)O)CC(C)=O)Cc1ccccc1)C(C)C)C(=O)C(=O)CCC(=O)O. The van der Waals surface area contributed by atoms with Crippen LogP contribution in [0.1, 0.15) is 150 Å². The number of carboxylic acid groups (broad SMARTS) is 2. The monoisotopic (exact) mass is 850 g/mol. The maximum absolute atomic E-state index is 14.7. The molecule has 1 saturated carbocycles. The highest BCUT2D eigenvalue weighted by molar-refractivity contribution is 6.38. The average molecular weight is 851 g/mol. The lowest BCUT2D eigenvalue weighted by molar-refractivity contribution is -0.143. The second-order valence-electron chi connectivity index (χ2n) is 17.9. The van der Waals surface area contributed by atoms with Crippen molar-refractivity contribution in [3.8, 4) is 0 Å². The van der Waals surface area contributed by atoms with Crippen LogP contribution >= 0.6 is 0 Å². The van der Waals surface area contributed by atoms with Gasteiger partial charge in [-0.05, 0) is 63.9 Å². The molecule has 1 aromatic carbocycles. The van der Waals surface area contributed by atoms with Crippen LogP contribution in [-0.2, 0) is 59.2 Å². The molecule has 0 bridgehead atoms. The second kappa shape index (κ2) is 25.2. The first-order chi connectivity index (χ1) is 28.6. The fourth-order valence-corrected chi connectivity index (χ4v) is 8.73. The van der Waals surface area contributed by atoms with Crippen molar-refractivity contribution in [1.29, 1.82) is 0 Å². The molecule has 0 heterocycles. The van der Waals surface area contributed by atoms with Crippen LogP contribution in [-0.4, -0.2) is 74.2 Å². The number of ketones is 9. The fraction of sp³-hybridized carbons (Fsp3) is 0.646. The van der Waals surface area contributed by atoms with Gasteiger partial charge in [0.2, 0.25) is 5.78 Å². The molecule has 7 atom stereocenters. The van der Waals surface area contributed by atoms with E-state index in [1.165, 1.54) is 13.8 Å². The van der Waals surface area contributed by atoms with Gasteiger partial charge in [-0.25, -0.2) is 0 Å². The van der Waals surface area contributed by atoms with Gasteiger partial charge in [0, 0.05) is 92.3 Å². The molecule has 0 aromatic heterocycles. The highest BCUT2D eigenvalue weighted by Crippen LogP contribution is 2.41. The standard InChI is InChI=1S/C48H66O13/c1-7-12-35(46(60)39(51)20-22-45(58)59)25-41(53)36-15-11-16-37(36)47(61)38(29(2)3)26-43(55)48(6,27-32-13-9-8-10-14-32)28-42(54)34(18-17-30(4)49)24-40(52)33(23-31(5)50)19-21-44(56)57/h8-10,13-14,29,33-38H,7,11-12,15-28H2,1-6H3,(H,56,57)(H,58,59). The number of benzene rings is 1. The van der Waals surface area contributed by atoms with Crippen LogP contribution in [0.4, 0.5) is 0 Å². The molecule has 7 unspecified atom stereocenters. The van der Waals surface area contributed by atoms with Gasteiger partial charge in [-0.15, -0.1) is 0 Å². The summed E-state index contributed by atoms with van der Waals surface area (Å²) in [5, 5.41) is 18.2. The summed E-state index contributed by atoms with van der Waals surface area (Å²) < 4.78 is 0. The van der Waals surface area contributed by atoms with Crippen LogP contribution in [0.3, 0.4) is 0 Å². The van der Waals surface area contributed by atoms with E-state index in [0.717, 1.165) is 5.56 Å². The maximum Gasteiger partial charge on any atom is 0.303 e. The molecular formula is C48H66O13. The molecule has 1 aliphatic rings. The van der Waals surface area contributed by atoms with E-state index in [1.807, 2.05) is 32.0 Å². The largest absolute Gasteiger partial charge is 0.481 e. The number of aliphatic carboxylic acids is 2. The normalized spacial score (nSPS) is 18.0. The Kier molecular flexibility index (Phi) is 21.6. The summed E-state index contributed by atoms with van der Waals surface area (Å²) in [5.74, 6) is -11.8. The molecule has 0 amide bonds. The minimum atomic E-state index is -1.36. The molecular weight excluding hydrogens is 785 g/mol. The van der Waals surface area contributed by atoms with Gasteiger partial charge in [-0.3, -0.25) is 43.2 Å². The van der Waals surface area contributed by atoms with Crippen molar-refractivity contribution in [3.05, 3.63) is 35.9 Å². The molecule has 1 aromatic rings. The molecule has 336 valence electrons. The smallest absolute Gasteiger partial charge is 0.303 e. The molecule has 0 saturated heterocycles. The van der Waals surface area contributed by atoms with E-state index in [0.29, 0.717) is 25.7 Å². The summed E-state index contributed by atoms with van der Waals surface area (Å²) >= 11 is 0. The molecule has 61 heavy (non-hydrogen) atoms. The third kappa shape index (κ3) is 17.2. The highest BCUT2D eigenvalue weighted by atomic mass is 16.4. The summed E-state index contributed by atoms with van der Waals surface area (Å²) in [7, 11) is 0. The van der Waals surface area contributed by atoms with Crippen molar-refractivity contribution < 1.29 is 63.0 Å². The van der Waals surface area contributed by atoms with Crippen LogP contribution in [0.5, 0.6) is 0 Å². The molecule has 13 heteroatoms. The number of carbonyl (C=O) groups excluding carboxylic acids is 9. The second-order valence-corrected chi connectivity index (χ2v) is 17.9. The van der Waals surface area contributed by atoms with Crippen molar-refractivity contribution in [3.63, 3.8) is 0 Å². The van der Waals surface area contributed by atoms with Crippen LogP contribution in [0.2, 0.25) is 0 Å². The van der Waals surface area contributed by atoms with E-state index < -0.39 is 88.8 Å². The number of rotatable bonds is 32. The fourth-order valence-electron chi connectivity index (χ4n) is 8.73. The van der Waals surface area contributed by atoms with Gasteiger partial charge < -0.3 is 19.8 Å². The van der Waals surface area contributed by atoms with E-state index in [1.54, 1.807) is 26.0 Å². The van der Waals surface area contributed by atoms with Crippen molar-refractivity contribution in [1.82, 2.24) is 0 Å². The Labute approximate surface area is 359 Å². The Hall–Kier alpha value is -4.81. The number of hydrogen-bond donors (Lipinski definition) is 2. The summed E-state index contributed by atoms with van der Waals surface area (Å²) in [5.41, 5.74) is -0.610. The Balaban J connectivity index is 2.42. The number of Topliss-reactive ketones (excluding diaryl/α,β-unsaturated/α-hetero) is 9. The zero-order valence-electron chi connectivity index (χ0n) is 36.8. The first kappa shape index (κ1) is 52.3. The predicted molar refractivity (Wildman–Crippen MR) is 225 cm³/mol. The minimum absolute atomic E-state index is 0.0148. The molecule has 2 N–H and O–H groups in total. The molecule has 2 rings (SSSR count). The van der Waals surface area contributed by atoms with E-state index in [4.69, 9.17) is 5.11 Å². The predicted octanol–water partition coefficient (Wildman–Crippen LogP) is 7.19. The summed E-state index contributed by atoms with van der Waals surface area (Å²) in [6, 6.07) is 9.04. The van der Waals surface area contributed by atoms with Gasteiger partial charge in [0.1, 0.15) is 40.5 Å². The van der Waals surface area contributed by atoms with Crippen LogP contribution in [0.15, 0.2) is 30.3 Å². The lowest BCUT2D eigenvalue weighted by atomic mass is 9.68. The van der Waals surface area contributed by atoms with Crippen molar-refractivity contribution in [2.24, 2.45) is 46.8 Å². The lowest BCUT2D eigenvalue weighted by Crippen LogP contribution is -2.40. The van der Waals surface area contributed by atoms with Crippen LogP contribution < -0.4 is 0 Å². The van der Waals surface area contributed by atoms with Crippen LogP contribution in [0, 0.1) is 46.8 Å². The van der Waals surface area contributed by atoms with E-state index in [9.17, 15) is 57.8 Å². The molecule has 1 aliphatic carbocycles. The molecule has 13 nitrogen and oxygen atoms in total. The summed E-state index contributed by atoms with van der Waals surface area (Å²) in [6.07, 6.45) is -0.433. The third-order valence-corrected chi connectivity index (χ3v) is 12.3. The van der Waals surface area contributed by atoms with Crippen molar-refractivity contribution in [2.75, 3.05) is 0 Å². The Morgan fingerprint density at radius 1 is 0.672 bits per heavy atom. The highest BCUT2D eigenvalue weighted by Gasteiger charge is 2.45. The van der Waals surface area contributed by atoms with Crippen molar-refractivity contribution >= 4 is 64.0 Å². The van der Waals surface area contributed by atoms with Crippen LogP contribution in [0.25, 0.3) is 0 Å². The average Bonchev–Trinajstić information content (AvgIpc) is 3.68. The molecule has 0 spiro atoms. The first-order valence-corrected chi connectivity index (χ1v) is 21.8. The third-order valence-electron chi connectivity index (χ3n) is 12.3. The van der Waals surface area contributed by atoms with Crippen molar-refractivity contribution in [2.45, 2.75) is 151 Å². The van der Waals surface area contributed by atoms with Gasteiger partial charge >= 0.3 is 11.9 Å². The van der Waals surface area contributed by atoms with Gasteiger partial charge in [0.15, 0.2) is 5.78 Å². The molecule has 0 radical (unpaired) electrons. The van der Waals surface area contributed by atoms with E-state index >= 15 is 0 Å². The Morgan fingerprint density at radius 3 is 1.82 bits per heavy atom. The maximum atomic E-state index is 14.7. The lowest BCUT2D eigenvalue weighted by Gasteiger charge is -2.33. The zero-order chi connectivity index (χ0) is 46.0. The Bertz CT molecular complexity index is 1780. The van der Waals surface area contributed by atoms with Gasteiger partial charge in [0.25, 0.3) is 0 Å². The Morgan fingerprint density at radius 2 is 1.26 bits per heavy atom. The van der Waals surface area contributed by atoms with E-state index in [2.05, 4.69) is 0 Å².